The fourth-order valence-electron chi connectivity index (χ4n) is 3.83. The van der Waals surface area contributed by atoms with E-state index in [1.54, 1.807) is 6.20 Å². The largest absolute Gasteiger partial charge is 0.480 e. The number of carboxylic acids is 1. The highest BCUT2D eigenvalue weighted by Gasteiger charge is 2.30. The molecule has 0 saturated heterocycles. The van der Waals surface area contributed by atoms with Crippen LogP contribution in [0.4, 0.5) is 13.2 Å². The van der Waals surface area contributed by atoms with E-state index in [2.05, 4.69) is 21.5 Å². The van der Waals surface area contributed by atoms with E-state index in [1.165, 1.54) is 24.3 Å². The van der Waals surface area contributed by atoms with Crippen molar-refractivity contribution in [2.75, 3.05) is 0 Å². The zero-order valence-corrected chi connectivity index (χ0v) is 21.0. The van der Waals surface area contributed by atoms with Crippen LogP contribution in [0.15, 0.2) is 71.1 Å². The molecule has 0 saturated carbocycles. The van der Waals surface area contributed by atoms with Gasteiger partial charge in [-0.1, -0.05) is 37.0 Å². The van der Waals surface area contributed by atoms with E-state index in [1.807, 2.05) is 31.2 Å². The van der Waals surface area contributed by atoms with E-state index in [0.717, 1.165) is 39.9 Å². The predicted molar refractivity (Wildman–Crippen MR) is 135 cm³/mol. The van der Waals surface area contributed by atoms with Crippen molar-refractivity contribution in [1.82, 2.24) is 9.71 Å². The number of fused-ring (bicyclic) bond motifs is 1. The molecule has 2 aromatic carbocycles. The fourth-order valence-corrected chi connectivity index (χ4v) is 6.21. The van der Waals surface area contributed by atoms with Crippen LogP contribution in [-0.4, -0.2) is 30.5 Å². The van der Waals surface area contributed by atoms with Crippen molar-refractivity contribution >= 4 is 38.2 Å². The van der Waals surface area contributed by atoms with Gasteiger partial charge >= 0.3 is 12.1 Å². The molecule has 0 aliphatic heterocycles. The lowest BCUT2D eigenvalue weighted by Gasteiger charge is -2.18. The van der Waals surface area contributed by atoms with Gasteiger partial charge in [0.25, 0.3) is 10.0 Å². The topological polar surface area (TPSA) is 99.3 Å². The standard InChI is InChI=1S/C26H21F3N2O4S2/c1-16(21-15-30-22-5-3-2-4-20(21)22)14-23(25(32)33)31-37(34,35)24-13-12-19(36-24)11-8-17-6-9-18(10-7-17)26(27,28)29/h2-7,9-10,12-13,15-16,23,30-31H,14H2,1H3,(H,32,33)/t16-,23-/m1/s1. The number of thiophene rings is 1. The van der Waals surface area contributed by atoms with E-state index in [0.29, 0.717) is 10.4 Å². The number of halogens is 3. The molecule has 37 heavy (non-hydrogen) atoms. The van der Waals surface area contributed by atoms with Crippen LogP contribution in [0.3, 0.4) is 0 Å². The van der Waals surface area contributed by atoms with Crippen molar-refractivity contribution < 1.29 is 31.5 Å². The second-order valence-corrected chi connectivity index (χ2v) is 11.4. The molecule has 0 radical (unpaired) electrons. The molecule has 0 aliphatic rings. The van der Waals surface area contributed by atoms with Crippen LogP contribution in [0, 0.1) is 11.8 Å². The number of nitrogens with one attached hydrogen (secondary N) is 2. The first kappa shape index (κ1) is 26.5. The van der Waals surface area contributed by atoms with Crippen molar-refractivity contribution in [3.63, 3.8) is 0 Å². The molecule has 0 fully saturated rings. The lowest BCUT2D eigenvalue weighted by Crippen LogP contribution is -2.41. The summed E-state index contributed by atoms with van der Waals surface area (Å²) < 4.78 is 66.1. The molecule has 4 rings (SSSR count). The maximum absolute atomic E-state index is 12.9. The minimum atomic E-state index is -4.45. The Morgan fingerprint density at radius 3 is 2.46 bits per heavy atom. The zero-order valence-electron chi connectivity index (χ0n) is 19.3. The van der Waals surface area contributed by atoms with Gasteiger partial charge < -0.3 is 10.1 Å². The van der Waals surface area contributed by atoms with Crippen molar-refractivity contribution in [3.05, 3.63) is 88.4 Å². The SMILES string of the molecule is C[C@H](C[C@@H](NS(=O)(=O)c1ccc(C#Cc2ccc(C(F)(F)F)cc2)s1)C(=O)O)c1c[nH]c2ccccc12. The minimum Gasteiger partial charge on any atom is -0.480 e. The van der Waals surface area contributed by atoms with Crippen LogP contribution in [-0.2, 0) is 21.0 Å². The van der Waals surface area contributed by atoms with Crippen LogP contribution in [0.5, 0.6) is 0 Å². The third-order valence-electron chi connectivity index (χ3n) is 5.73. The first-order chi connectivity index (χ1) is 17.4. The number of rotatable bonds is 7. The number of aromatic amines is 1. The van der Waals surface area contributed by atoms with Gasteiger partial charge in [0.05, 0.1) is 10.4 Å². The maximum atomic E-state index is 12.9. The summed E-state index contributed by atoms with van der Waals surface area (Å²) in [5.41, 5.74) is 1.33. The Balaban J connectivity index is 1.47. The number of hydrogen-bond acceptors (Lipinski definition) is 4. The number of carbonyl (C=O) groups is 1. The van der Waals surface area contributed by atoms with Crippen LogP contribution in [0.1, 0.15) is 40.8 Å². The van der Waals surface area contributed by atoms with E-state index >= 15 is 0 Å². The van der Waals surface area contributed by atoms with Crippen LogP contribution < -0.4 is 4.72 Å². The Hall–Kier alpha value is -3.59. The van der Waals surface area contributed by atoms with Crippen molar-refractivity contribution in [2.24, 2.45) is 0 Å². The maximum Gasteiger partial charge on any atom is 0.416 e. The van der Waals surface area contributed by atoms with Crippen molar-refractivity contribution in [2.45, 2.75) is 35.7 Å². The average Bonchev–Trinajstić information content (AvgIpc) is 3.50. The molecule has 2 aromatic heterocycles. The monoisotopic (exact) mass is 546 g/mol. The highest BCUT2D eigenvalue weighted by molar-refractivity contribution is 7.91. The number of sulfonamides is 1. The Morgan fingerprint density at radius 2 is 1.78 bits per heavy atom. The predicted octanol–water partition coefficient (Wildman–Crippen LogP) is 5.57. The van der Waals surface area contributed by atoms with Gasteiger partial charge in [-0.2, -0.15) is 17.9 Å². The Bertz CT molecular complexity index is 1590. The molecule has 11 heteroatoms. The number of para-hydroxylation sites is 1. The number of hydrogen-bond donors (Lipinski definition) is 3. The summed E-state index contributed by atoms with van der Waals surface area (Å²) in [4.78, 5) is 15.4. The summed E-state index contributed by atoms with van der Waals surface area (Å²) in [6.45, 7) is 1.83. The van der Waals surface area contributed by atoms with Gasteiger partial charge in [-0.15, -0.1) is 11.3 Å². The normalized spacial score (nSPS) is 13.6. The summed E-state index contributed by atoms with van der Waals surface area (Å²) in [6, 6.07) is 13.3. The fraction of sp³-hybridized carbons (Fsp3) is 0.192. The Kier molecular flexibility index (Phi) is 7.45. The van der Waals surface area contributed by atoms with Crippen molar-refractivity contribution in [1.29, 1.82) is 0 Å². The number of benzene rings is 2. The average molecular weight is 547 g/mol. The molecule has 0 unspecified atom stereocenters. The molecule has 3 N–H and O–H groups in total. The lowest BCUT2D eigenvalue weighted by atomic mass is 9.94. The first-order valence-corrected chi connectivity index (χ1v) is 13.3. The van der Waals surface area contributed by atoms with E-state index in [4.69, 9.17) is 0 Å². The Morgan fingerprint density at radius 1 is 1.08 bits per heavy atom. The van der Waals surface area contributed by atoms with Crippen LogP contribution >= 0.6 is 11.3 Å². The summed E-state index contributed by atoms with van der Waals surface area (Å²) in [7, 11) is -4.16. The highest BCUT2D eigenvalue weighted by Crippen LogP contribution is 2.30. The second kappa shape index (κ2) is 10.4. The number of aliphatic carboxylic acids is 1. The van der Waals surface area contributed by atoms with Gasteiger partial charge in [0, 0.05) is 22.7 Å². The quantitative estimate of drug-likeness (QED) is 0.264. The summed E-state index contributed by atoms with van der Waals surface area (Å²) in [6.07, 6.45) is -2.62. The molecular formula is C26H21F3N2O4S2. The van der Waals surface area contributed by atoms with Crippen LogP contribution in [0.25, 0.3) is 10.9 Å². The molecule has 0 spiro atoms. The third kappa shape index (κ3) is 6.22. The van der Waals surface area contributed by atoms with Crippen LogP contribution in [0.2, 0.25) is 0 Å². The van der Waals surface area contributed by atoms with Gasteiger partial charge in [-0.3, -0.25) is 4.79 Å². The molecule has 0 amide bonds. The van der Waals surface area contributed by atoms with Gasteiger partial charge in [0.15, 0.2) is 0 Å². The molecule has 0 bridgehead atoms. The molecule has 0 aliphatic carbocycles. The number of aromatic nitrogens is 1. The molecular weight excluding hydrogens is 525 g/mol. The molecule has 6 nitrogen and oxygen atoms in total. The highest BCUT2D eigenvalue weighted by atomic mass is 32.2. The van der Waals surface area contributed by atoms with Gasteiger partial charge in [-0.05, 0) is 60.4 Å². The number of alkyl halides is 3. The summed E-state index contributed by atoms with van der Waals surface area (Å²) in [5.74, 6) is 3.88. The second-order valence-electron chi connectivity index (χ2n) is 8.38. The zero-order chi connectivity index (χ0) is 26.8. The summed E-state index contributed by atoms with van der Waals surface area (Å²) >= 11 is 0.837. The van der Waals surface area contributed by atoms with Crippen molar-refractivity contribution in [3.8, 4) is 11.8 Å². The molecule has 192 valence electrons. The third-order valence-corrected chi connectivity index (χ3v) is 8.69. The molecule has 4 aromatic rings. The Labute approximate surface area is 215 Å². The lowest BCUT2D eigenvalue weighted by molar-refractivity contribution is -0.139. The van der Waals surface area contributed by atoms with E-state index < -0.39 is 33.8 Å². The first-order valence-electron chi connectivity index (χ1n) is 11.0. The smallest absolute Gasteiger partial charge is 0.416 e. The number of carboxylic acid groups (broad SMARTS) is 1. The van der Waals surface area contributed by atoms with E-state index in [-0.39, 0.29) is 16.5 Å². The van der Waals surface area contributed by atoms with Gasteiger partial charge in [-0.25, -0.2) is 8.42 Å². The summed E-state index contributed by atoms with van der Waals surface area (Å²) in [5, 5.41) is 10.6. The number of H-pyrrole nitrogens is 1. The minimum absolute atomic E-state index is 0.0301. The van der Waals surface area contributed by atoms with E-state index in [9.17, 15) is 31.5 Å². The van der Waals surface area contributed by atoms with Gasteiger partial charge in [0.1, 0.15) is 10.3 Å². The molecule has 2 atom stereocenters. The van der Waals surface area contributed by atoms with Gasteiger partial charge in [0.2, 0.25) is 0 Å². The molecule has 2 heterocycles.